The van der Waals surface area contributed by atoms with Crippen LogP contribution in [0.25, 0.3) is 0 Å². The van der Waals surface area contributed by atoms with E-state index in [0.29, 0.717) is 30.5 Å². The Balaban J connectivity index is 2.24. The van der Waals surface area contributed by atoms with E-state index in [2.05, 4.69) is 10.3 Å². The SMILES string of the molecule is CCOC(=O)c1nc(N2CCNC(=O)C2C)sc1C. The topological polar surface area (TPSA) is 71.5 Å². The van der Waals surface area contributed by atoms with Crippen LogP contribution in [-0.2, 0) is 9.53 Å². The molecule has 1 aliphatic heterocycles. The lowest BCUT2D eigenvalue weighted by molar-refractivity contribution is -0.122. The monoisotopic (exact) mass is 283 g/mol. The summed E-state index contributed by atoms with van der Waals surface area (Å²) in [6.45, 7) is 7.04. The van der Waals surface area contributed by atoms with Gasteiger partial charge in [0, 0.05) is 18.0 Å². The summed E-state index contributed by atoms with van der Waals surface area (Å²) >= 11 is 1.41. The van der Waals surface area contributed by atoms with E-state index in [9.17, 15) is 9.59 Å². The Hall–Kier alpha value is -1.63. The van der Waals surface area contributed by atoms with Crippen LogP contribution in [0.15, 0.2) is 0 Å². The second-order valence-corrected chi connectivity index (χ2v) is 5.46. The van der Waals surface area contributed by atoms with Gasteiger partial charge in [0.25, 0.3) is 0 Å². The molecule has 0 aromatic carbocycles. The van der Waals surface area contributed by atoms with Gasteiger partial charge >= 0.3 is 5.97 Å². The first kappa shape index (κ1) is 13.8. The van der Waals surface area contributed by atoms with Gasteiger partial charge in [-0.3, -0.25) is 4.79 Å². The predicted molar refractivity (Wildman–Crippen MR) is 72.6 cm³/mol. The number of hydrogen-bond acceptors (Lipinski definition) is 6. The van der Waals surface area contributed by atoms with Gasteiger partial charge in [0.1, 0.15) is 6.04 Å². The largest absolute Gasteiger partial charge is 0.461 e. The van der Waals surface area contributed by atoms with E-state index in [0.717, 1.165) is 4.88 Å². The van der Waals surface area contributed by atoms with Crippen molar-refractivity contribution in [1.29, 1.82) is 0 Å². The number of aryl methyl sites for hydroxylation is 1. The summed E-state index contributed by atoms with van der Waals surface area (Å²) in [4.78, 5) is 30.4. The molecule has 6 nitrogen and oxygen atoms in total. The molecule has 104 valence electrons. The van der Waals surface area contributed by atoms with Gasteiger partial charge in [-0.1, -0.05) is 0 Å². The Morgan fingerprint density at radius 1 is 1.63 bits per heavy atom. The fourth-order valence-electron chi connectivity index (χ4n) is 1.94. The van der Waals surface area contributed by atoms with Gasteiger partial charge in [-0.15, -0.1) is 11.3 Å². The number of carbonyl (C=O) groups excluding carboxylic acids is 2. The zero-order chi connectivity index (χ0) is 14.0. The van der Waals surface area contributed by atoms with Crippen LogP contribution >= 0.6 is 11.3 Å². The molecule has 0 spiro atoms. The van der Waals surface area contributed by atoms with Gasteiger partial charge in [-0.05, 0) is 20.8 Å². The summed E-state index contributed by atoms with van der Waals surface area (Å²) in [5.41, 5.74) is 0.347. The number of nitrogens with one attached hydrogen (secondary N) is 1. The van der Waals surface area contributed by atoms with Crippen LogP contribution in [0.5, 0.6) is 0 Å². The maximum Gasteiger partial charge on any atom is 0.358 e. The third kappa shape index (κ3) is 2.70. The van der Waals surface area contributed by atoms with Crippen molar-refractivity contribution in [1.82, 2.24) is 10.3 Å². The Bertz CT molecular complexity index is 500. The molecule has 1 unspecified atom stereocenters. The number of rotatable bonds is 3. The number of ether oxygens (including phenoxy) is 1. The summed E-state index contributed by atoms with van der Waals surface area (Å²) in [6.07, 6.45) is 0. The van der Waals surface area contributed by atoms with Gasteiger partial charge in [-0.25, -0.2) is 9.78 Å². The van der Waals surface area contributed by atoms with Crippen LogP contribution in [0.2, 0.25) is 0 Å². The number of carbonyl (C=O) groups is 2. The molecule has 0 aliphatic carbocycles. The first-order valence-corrected chi connectivity index (χ1v) is 7.05. The first-order valence-electron chi connectivity index (χ1n) is 6.23. The van der Waals surface area contributed by atoms with Crippen LogP contribution in [0.1, 0.15) is 29.2 Å². The standard InChI is InChI=1S/C12H17N3O3S/c1-4-18-11(17)9-8(3)19-12(14-9)15-6-5-13-10(16)7(15)2/h7H,4-6H2,1-3H3,(H,13,16). The number of nitrogens with zero attached hydrogens (tertiary/aromatic N) is 2. The van der Waals surface area contributed by atoms with E-state index in [1.165, 1.54) is 11.3 Å². The lowest BCUT2D eigenvalue weighted by atomic mass is 10.2. The van der Waals surface area contributed by atoms with Crippen LogP contribution in [0.4, 0.5) is 5.13 Å². The van der Waals surface area contributed by atoms with Gasteiger partial charge in [-0.2, -0.15) is 0 Å². The average molecular weight is 283 g/mol. The minimum Gasteiger partial charge on any atom is -0.461 e. The highest BCUT2D eigenvalue weighted by Gasteiger charge is 2.29. The molecule has 2 heterocycles. The van der Waals surface area contributed by atoms with Crippen molar-refractivity contribution in [3.63, 3.8) is 0 Å². The second kappa shape index (κ2) is 5.56. The smallest absolute Gasteiger partial charge is 0.358 e. The third-order valence-electron chi connectivity index (χ3n) is 3.00. The molecule has 0 bridgehead atoms. The fourth-order valence-corrected chi connectivity index (χ4v) is 2.94. The predicted octanol–water partition coefficient (Wildman–Crippen LogP) is 0.953. The molecule has 19 heavy (non-hydrogen) atoms. The lowest BCUT2D eigenvalue weighted by Crippen LogP contribution is -2.54. The molecular formula is C12H17N3O3S. The molecule has 1 amide bonds. The molecular weight excluding hydrogens is 266 g/mol. The number of esters is 1. The molecule has 1 aromatic heterocycles. The highest BCUT2D eigenvalue weighted by Crippen LogP contribution is 2.28. The minimum absolute atomic E-state index is 0.0169. The lowest BCUT2D eigenvalue weighted by Gasteiger charge is -2.32. The number of hydrogen-bond donors (Lipinski definition) is 1. The quantitative estimate of drug-likeness (QED) is 0.836. The minimum atomic E-state index is -0.406. The van der Waals surface area contributed by atoms with Crippen LogP contribution in [0, 0.1) is 6.92 Å². The molecule has 1 atom stereocenters. The Kier molecular flexibility index (Phi) is 4.04. The molecule has 1 aromatic rings. The van der Waals surface area contributed by atoms with Crippen molar-refractivity contribution in [3.8, 4) is 0 Å². The van der Waals surface area contributed by atoms with Gasteiger partial charge < -0.3 is 15.0 Å². The normalized spacial score (nSPS) is 19.2. The Labute approximate surface area is 115 Å². The average Bonchev–Trinajstić information content (AvgIpc) is 2.75. The molecule has 1 saturated heterocycles. The molecule has 0 radical (unpaired) electrons. The van der Waals surface area contributed by atoms with Crippen LogP contribution in [-0.4, -0.2) is 42.6 Å². The number of thiazole rings is 1. The van der Waals surface area contributed by atoms with E-state index < -0.39 is 5.97 Å². The van der Waals surface area contributed by atoms with Crippen LogP contribution in [0.3, 0.4) is 0 Å². The highest BCUT2D eigenvalue weighted by molar-refractivity contribution is 7.15. The number of piperazine rings is 1. The van der Waals surface area contributed by atoms with E-state index in [-0.39, 0.29) is 11.9 Å². The molecule has 1 aliphatic rings. The van der Waals surface area contributed by atoms with Crippen LogP contribution < -0.4 is 10.2 Å². The molecule has 1 N–H and O–H groups in total. The van der Waals surface area contributed by atoms with E-state index >= 15 is 0 Å². The third-order valence-corrected chi connectivity index (χ3v) is 4.01. The van der Waals surface area contributed by atoms with Crippen molar-refractivity contribution in [2.45, 2.75) is 26.8 Å². The Morgan fingerprint density at radius 2 is 2.37 bits per heavy atom. The molecule has 0 saturated carbocycles. The summed E-state index contributed by atoms with van der Waals surface area (Å²) in [5, 5.41) is 3.50. The molecule has 7 heteroatoms. The van der Waals surface area contributed by atoms with Gasteiger partial charge in [0.15, 0.2) is 10.8 Å². The van der Waals surface area contributed by atoms with E-state index in [1.807, 2.05) is 18.7 Å². The summed E-state index contributed by atoms with van der Waals surface area (Å²) in [6, 6.07) is -0.269. The number of amides is 1. The zero-order valence-electron chi connectivity index (χ0n) is 11.2. The second-order valence-electron chi connectivity index (χ2n) is 4.28. The highest BCUT2D eigenvalue weighted by atomic mass is 32.1. The van der Waals surface area contributed by atoms with Crippen molar-refractivity contribution in [2.24, 2.45) is 0 Å². The maximum atomic E-state index is 11.7. The van der Waals surface area contributed by atoms with E-state index in [4.69, 9.17) is 4.74 Å². The summed E-state index contributed by atoms with van der Waals surface area (Å²) in [5.74, 6) is -0.423. The molecule has 1 fully saturated rings. The zero-order valence-corrected chi connectivity index (χ0v) is 12.0. The van der Waals surface area contributed by atoms with Gasteiger partial charge in [0.05, 0.1) is 6.61 Å². The number of aromatic nitrogens is 1. The van der Waals surface area contributed by atoms with E-state index in [1.54, 1.807) is 6.92 Å². The van der Waals surface area contributed by atoms with Crippen molar-refractivity contribution >= 4 is 28.3 Å². The summed E-state index contributed by atoms with van der Waals surface area (Å²) in [7, 11) is 0. The van der Waals surface area contributed by atoms with Gasteiger partial charge in [0.2, 0.25) is 5.91 Å². The van der Waals surface area contributed by atoms with Crippen molar-refractivity contribution in [3.05, 3.63) is 10.6 Å². The first-order chi connectivity index (χ1) is 9.04. The Morgan fingerprint density at radius 3 is 3.05 bits per heavy atom. The fraction of sp³-hybridized carbons (Fsp3) is 0.583. The number of anilines is 1. The molecule has 2 rings (SSSR count). The maximum absolute atomic E-state index is 11.7. The van der Waals surface area contributed by atoms with Crippen molar-refractivity contribution in [2.75, 3.05) is 24.6 Å². The summed E-state index contributed by atoms with van der Waals surface area (Å²) < 4.78 is 4.96. The van der Waals surface area contributed by atoms with Crippen molar-refractivity contribution < 1.29 is 14.3 Å².